The molecule has 2 aromatic heterocycles. The maximum atomic E-state index is 10.3. The first-order valence-corrected chi connectivity index (χ1v) is 6.42. The predicted molar refractivity (Wildman–Crippen MR) is 72.0 cm³/mol. The number of hydrogen-bond acceptors (Lipinski definition) is 4. The third-order valence-corrected chi connectivity index (χ3v) is 3.04. The van der Waals surface area contributed by atoms with Gasteiger partial charge in [0.2, 0.25) is 0 Å². The highest BCUT2D eigenvalue weighted by Gasteiger charge is 2.16. The van der Waals surface area contributed by atoms with Gasteiger partial charge >= 0.3 is 0 Å². The van der Waals surface area contributed by atoms with Crippen molar-refractivity contribution in [3.63, 3.8) is 0 Å². The van der Waals surface area contributed by atoms with Crippen LogP contribution >= 0.6 is 0 Å². The van der Waals surface area contributed by atoms with Crippen LogP contribution in [-0.4, -0.2) is 26.8 Å². The fraction of sp³-hybridized carbons (Fsp3) is 0.429. The molecule has 0 aliphatic carbocycles. The highest BCUT2D eigenvalue weighted by atomic mass is 16.5. The lowest BCUT2D eigenvalue weighted by molar-refractivity contribution is 0.170. The van der Waals surface area contributed by atoms with Gasteiger partial charge in [0, 0.05) is 37.1 Å². The Balaban J connectivity index is 2.16. The summed E-state index contributed by atoms with van der Waals surface area (Å²) in [5, 5.41) is 10.3. The Kier molecular flexibility index (Phi) is 4.52. The zero-order chi connectivity index (χ0) is 13.7. The van der Waals surface area contributed by atoms with Crippen LogP contribution in [0.15, 0.2) is 30.9 Å². The van der Waals surface area contributed by atoms with E-state index < -0.39 is 6.10 Å². The second-order valence-corrected chi connectivity index (χ2v) is 4.37. The lowest BCUT2D eigenvalue weighted by Gasteiger charge is -2.14. The monoisotopic (exact) mass is 261 g/mol. The van der Waals surface area contributed by atoms with E-state index in [9.17, 15) is 5.11 Å². The Labute approximate surface area is 112 Å². The summed E-state index contributed by atoms with van der Waals surface area (Å²) in [7, 11) is 1.57. The minimum Gasteiger partial charge on any atom is -0.495 e. The summed E-state index contributed by atoms with van der Waals surface area (Å²) >= 11 is 0. The number of aliphatic hydroxyl groups excluding tert-OH is 1. The van der Waals surface area contributed by atoms with Gasteiger partial charge in [-0.1, -0.05) is 6.92 Å². The third kappa shape index (κ3) is 3.12. The molecule has 5 nitrogen and oxygen atoms in total. The molecule has 0 aliphatic heterocycles. The van der Waals surface area contributed by atoms with E-state index in [1.807, 2.05) is 6.20 Å². The summed E-state index contributed by atoms with van der Waals surface area (Å²) in [5.41, 5.74) is 0.739. The molecule has 0 aromatic carbocycles. The maximum Gasteiger partial charge on any atom is 0.142 e. The summed E-state index contributed by atoms with van der Waals surface area (Å²) in [4.78, 5) is 8.29. The van der Waals surface area contributed by atoms with E-state index in [1.165, 1.54) is 0 Å². The Morgan fingerprint density at radius 3 is 3.00 bits per heavy atom. The number of nitrogens with zero attached hydrogens (tertiary/aromatic N) is 3. The zero-order valence-corrected chi connectivity index (χ0v) is 11.3. The molecule has 1 atom stereocenters. The van der Waals surface area contributed by atoms with Crippen molar-refractivity contribution < 1.29 is 9.84 Å². The molecule has 102 valence electrons. The molecular formula is C14H19N3O2. The Bertz CT molecular complexity index is 525. The van der Waals surface area contributed by atoms with E-state index in [1.54, 1.807) is 31.8 Å². The topological polar surface area (TPSA) is 60.2 Å². The average molecular weight is 261 g/mol. The summed E-state index contributed by atoms with van der Waals surface area (Å²) in [5.74, 6) is 1.48. The Morgan fingerprint density at radius 1 is 1.42 bits per heavy atom. The van der Waals surface area contributed by atoms with Gasteiger partial charge in [-0.05, 0) is 12.5 Å². The second-order valence-electron chi connectivity index (χ2n) is 4.37. The van der Waals surface area contributed by atoms with Crippen LogP contribution in [0.3, 0.4) is 0 Å². The van der Waals surface area contributed by atoms with Crippen molar-refractivity contribution in [3.8, 4) is 5.75 Å². The number of methoxy groups -OCH3 is 1. The molecule has 5 heteroatoms. The number of hydrogen-bond donors (Lipinski definition) is 1. The quantitative estimate of drug-likeness (QED) is 0.863. The van der Waals surface area contributed by atoms with Crippen molar-refractivity contribution in [1.29, 1.82) is 0 Å². The number of pyridine rings is 1. The number of imidazole rings is 1. The van der Waals surface area contributed by atoms with Crippen molar-refractivity contribution in [1.82, 2.24) is 14.5 Å². The van der Waals surface area contributed by atoms with Gasteiger partial charge in [0.15, 0.2) is 0 Å². The first-order chi connectivity index (χ1) is 9.26. The van der Waals surface area contributed by atoms with Crippen molar-refractivity contribution in [2.75, 3.05) is 7.11 Å². The minimum absolute atomic E-state index is 0.466. The molecule has 0 saturated carbocycles. The molecule has 1 N–H and O–H groups in total. The van der Waals surface area contributed by atoms with Gasteiger partial charge in [0.05, 0.1) is 19.4 Å². The maximum absolute atomic E-state index is 10.3. The summed E-state index contributed by atoms with van der Waals surface area (Å²) in [6.45, 7) is 3.03. The number of aromatic nitrogens is 3. The first kappa shape index (κ1) is 13.5. The number of rotatable bonds is 6. The molecule has 0 fully saturated rings. The smallest absolute Gasteiger partial charge is 0.142 e. The zero-order valence-electron chi connectivity index (χ0n) is 11.3. The van der Waals surface area contributed by atoms with Crippen molar-refractivity contribution in [2.45, 2.75) is 32.4 Å². The lowest BCUT2D eigenvalue weighted by atomic mass is 10.1. The van der Waals surface area contributed by atoms with Crippen molar-refractivity contribution in [2.24, 2.45) is 0 Å². The molecule has 1 unspecified atom stereocenters. The predicted octanol–water partition coefficient (Wildman–Crippen LogP) is 1.97. The van der Waals surface area contributed by atoms with Gasteiger partial charge < -0.3 is 14.4 Å². The Morgan fingerprint density at radius 2 is 2.26 bits per heavy atom. The molecule has 0 radical (unpaired) electrons. The van der Waals surface area contributed by atoms with E-state index in [0.29, 0.717) is 12.2 Å². The van der Waals surface area contributed by atoms with E-state index >= 15 is 0 Å². The SMILES string of the molecule is CCCn1ccnc1CC(O)c1ccncc1OC. The van der Waals surface area contributed by atoms with Crippen LogP contribution in [0.25, 0.3) is 0 Å². The first-order valence-electron chi connectivity index (χ1n) is 6.42. The minimum atomic E-state index is -0.643. The van der Waals surface area contributed by atoms with Crippen LogP contribution in [0.5, 0.6) is 5.75 Å². The fourth-order valence-corrected chi connectivity index (χ4v) is 2.09. The van der Waals surface area contributed by atoms with Gasteiger partial charge in [0.25, 0.3) is 0 Å². The van der Waals surface area contributed by atoms with E-state index in [-0.39, 0.29) is 0 Å². The largest absolute Gasteiger partial charge is 0.495 e. The molecule has 0 bridgehead atoms. The number of ether oxygens (including phenoxy) is 1. The molecule has 2 aromatic rings. The second kappa shape index (κ2) is 6.33. The summed E-state index contributed by atoms with van der Waals surface area (Å²) in [6, 6.07) is 1.77. The number of aryl methyl sites for hydroxylation is 1. The van der Waals surface area contributed by atoms with Crippen LogP contribution in [0.1, 0.15) is 30.8 Å². The van der Waals surface area contributed by atoms with Crippen LogP contribution in [0.2, 0.25) is 0 Å². The molecular weight excluding hydrogens is 242 g/mol. The number of aliphatic hydroxyl groups is 1. The summed E-state index contributed by atoms with van der Waals surface area (Å²) in [6.07, 6.45) is 7.83. The van der Waals surface area contributed by atoms with Gasteiger partial charge in [-0.3, -0.25) is 4.98 Å². The van der Waals surface area contributed by atoms with E-state index in [0.717, 1.165) is 24.4 Å². The average Bonchev–Trinajstić information content (AvgIpc) is 2.86. The highest BCUT2D eigenvalue weighted by Crippen LogP contribution is 2.26. The molecule has 19 heavy (non-hydrogen) atoms. The normalized spacial score (nSPS) is 12.4. The van der Waals surface area contributed by atoms with Crippen molar-refractivity contribution >= 4 is 0 Å². The fourth-order valence-electron chi connectivity index (χ4n) is 2.09. The third-order valence-electron chi connectivity index (χ3n) is 3.04. The van der Waals surface area contributed by atoms with Gasteiger partial charge in [0.1, 0.15) is 11.6 Å². The van der Waals surface area contributed by atoms with Gasteiger partial charge in [-0.25, -0.2) is 4.98 Å². The summed E-state index contributed by atoms with van der Waals surface area (Å²) < 4.78 is 7.28. The lowest BCUT2D eigenvalue weighted by Crippen LogP contribution is -2.10. The van der Waals surface area contributed by atoms with Gasteiger partial charge in [-0.2, -0.15) is 0 Å². The van der Waals surface area contributed by atoms with Gasteiger partial charge in [-0.15, -0.1) is 0 Å². The molecule has 0 spiro atoms. The van der Waals surface area contributed by atoms with Crippen molar-refractivity contribution in [3.05, 3.63) is 42.2 Å². The molecule has 2 rings (SSSR count). The molecule has 0 amide bonds. The van der Waals surface area contributed by atoms with Crippen LogP contribution in [0.4, 0.5) is 0 Å². The standard InChI is InChI=1S/C14H19N3O2/c1-3-7-17-8-6-16-14(17)9-12(18)11-4-5-15-10-13(11)19-2/h4-6,8,10,12,18H,3,7,9H2,1-2H3. The van der Waals surface area contributed by atoms with Crippen LogP contribution < -0.4 is 4.74 Å². The molecule has 0 aliphatic rings. The highest BCUT2D eigenvalue weighted by molar-refractivity contribution is 5.32. The van der Waals surface area contributed by atoms with Crippen LogP contribution in [-0.2, 0) is 13.0 Å². The van der Waals surface area contributed by atoms with Crippen LogP contribution in [0, 0.1) is 0 Å². The van der Waals surface area contributed by atoms with E-state index in [2.05, 4.69) is 21.5 Å². The Hall–Kier alpha value is -1.88. The molecule has 2 heterocycles. The molecule has 0 saturated heterocycles. The van der Waals surface area contributed by atoms with E-state index in [4.69, 9.17) is 4.74 Å².